The van der Waals surface area contributed by atoms with Gasteiger partial charge in [0, 0.05) is 26.2 Å². The van der Waals surface area contributed by atoms with Crippen LogP contribution in [0.5, 0.6) is 0 Å². The van der Waals surface area contributed by atoms with Gasteiger partial charge in [0.25, 0.3) is 0 Å². The highest BCUT2D eigenvalue weighted by Crippen LogP contribution is 2.11. The van der Waals surface area contributed by atoms with E-state index in [4.69, 9.17) is 4.74 Å². The SMILES string of the molecule is CCN(C)CCNCC1CCCCO1. The van der Waals surface area contributed by atoms with Crippen LogP contribution in [0.3, 0.4) is 0 Å². The lowest BCUT2D eigenvalue weighted by molar-refractivity contribution is 0.0168. The fraction of sp³-hybridized carbons (Fsp3) is 1.00. The van der Waals surface area contributed by atoms with Crippen LogP contribution in [0.15, 0.2) is 0 Å². The summed E-state index contributed by atoms with van der Waals surface area (Å²) in [6.45, 7) is 7.50. The molecule has 14 heavy (non-hydrogen) atoms. The Hall–Kier alpha value is -0.120. The first-order chi connectivity index (χ1) is 6.83. The van der Waals surface area contributed by atoms with Crippen LogP contribution in [0.1, 0.15) is 26.2 Å². The molecule has 0 aliphatic carbocycles. The first-order valence-electron chi connectivity index (χ1n) is 5.83. The summed E-state index contributed by atoms with van der Waals surface area (Å²) < 4.78 is 5.64. The van der Waals surface area contributed by atoms with Crippen molar-refractivity contribution in [3.8, 4) is 0 Å². The Kier molecular flexibility index (Phi) is 6.15. The third-order valence-corrected chi connectivity index (χ3v) is 2.86. The number of nitrogens with zero attached hydrogens (tertiary/aromatic N) is 1. The van der Waals surface area contributed by atoms with Crippen LogP contribution < -0.4 is 5.32 Å². The Morgan fingerprint density at radius 1 is 1.43 bits per heavy atom. The van der Waals surface area contributed by atoms with Crippen molar-refractivity contribution < 1.29 is 4.74 Å². The summed E-state index contributed by atoms with van der Waals surface area (Å²) >= 11 is 0. The zero-order chi connectivity index (χ0) is 10.2. The molecule has 1 fully saturated rings. The second kappa shape index (κ2) is 7.21. The highest BCUT2D eigenvalue weighted by molar-refractivity contribution is 4.66. The van der Waals surface area contributed by atoms with Crippen molar-refractivity contribution in [2.45, 2.75) is 32.3 Å². The minimum absolute atomic E-state index is 0.468. The van der Waals surface area contributed by atoms with Crippen LogP contribution in [0, 0.1) is 0 Å². The van der Waals surface area contributed by atoms with Gasteiger partial charge < -0.3 is 15.0 Å². The van der Waals surface area contributed by atoms with Crippen molar-refractivity contribution in [1.82, 2.24) is 10.2 Å². The summed E-state index contributed by atoms with van der Waals surface area (Å²) in [5, 5.41) is 3.45. The third-order valence-electron chi connectivity index (χ3n) is 2.86. The van der Waals surface area contributed by atoms with Crippen molar-refractivity contribution in [2.75, 3.05) is 39.8 Å². The summed E-state index contributed by atoms with van der Waals surface area (Å²) in [4.78, 5) is 2.31. The lowest BCUT2D eigenvalue weighted by Gasteiger charge is -2.23. The molecule has 0 amide bonds. The van der Waals surface area contributed by atoms with Gasteiger partial charge in [-0.2, -0.15) is 0 Å². The van der Waals surface area contributed by atoms with Gasteiger partial charge in [-0.1, -0.05) is 6.92 Å². The summed E-state index contributed by atoms with van der Waals surface area (Å²) in [5.74, 6) is 0. The van der Waals surface area contributed by atoms with Crippen LogP contribution in [-0.4, -0.2) is 50.8 Å². The van der Waals surface area contributed by atoms with Crippen molar-refractivity contribution in [2.24, 2.45) is 0 Å². The topological polar surface area (TPSA) is 24.5 Å². The number of likely N-dealkylation sites (N-methyl/N-ethyl adjacent to an activating group) is 1. The van der Waals surface area contributed by atoms with Gasteiger partial charge in [0.15, 0.2) is 0 Å². The molecule has 1 aliphatic rings. The van der Waals surface area contributed by atoms with Gasteiger partial charge >= 0.3 is 0 Å². The molecule has 1 rings (SSSR count). The lowest BCUT2D eigenvalue weighted by Crippen LogP contribution is -2.36. The van der Waals surface area contributed by atoms with Crippen LogP contribution in [0.4, 0.5) is 0 Å². The molecule has 0 saturated carbocycles. The maximum Gasteiger partial charge on any atom is 0.0699 e. The molecule has 0 aromatic rings. The first-order valence-corrected chi connectivity index (χ1v) is 5.83. The highest BCUT2D eigenvalue weighted by atomic mass is 16.5. The number of ether oxygens (including phenoxy) is 1. The molecule has 0 bridgehead atoms. The molecule has 0 radical (unpaired) electrons. The molecular formula is C11H24N2O. The summed E-state index contributed by atoms with van der Waals surface area (Å²) in [7, 11) is 2.15. The zero-order valence-corrected chi connectivity index (χ0v) is 9.59. The Morgan fingerprint density at radius 2 is 2.29 bits per heavy atom. The predicted molar refractivity (Wildman–Crippen MR) is 59.6 cm³/mol. The first kappa shape index (κ1) is 12.0. The maximum absolute atomic E-state index is 5.64. The molecule has 1 heterocycles. The predicted octanol–water partition coefficient (Wildman–Crippen LogP) is 1.10. The van der Waals surface area contributed by atoms with E-state index in [1.165, 1.54) is 19.3 Å². The van der Waals surface area contributed by atoms with E-state index in [1.807, 2.05) is 0 Å². The van der Waals surface area contributed by atoms with E-state index in [0.29, 0.717) is 6.10 Å². The molecule has 3 heteroatoms. The lowest BCUT2D eigenvalue weighted by atomic mass is 10.1. The minimum Gasteiger partial charge on any atom is -0.377 e. The Balaban J connectivity index is 1.92. The van der Waals surface area contributed by atoms with Gasteiger partial charge in [0.1, 0.15) is 0 Å². The van der Waals surface area contributed by atoms with E-state index in [-0.39, 0.29) is 0 Å². The van der Waals surface area contributed by atoms with Gasteiger partial charge in [0.2, 0.25) is 0 Å². The molecule has 1 N–H and O–H groups in total. The van der Waals surface area contributed by atoms with Crippen molar-refractivity contribution in [3.05, 3.63) is 0 Å². The van der Waals surface area contributed by atoms with Crippen LogP contribution in [0.2, 0.25) is 0 Å². The molecule has 1 unspecified atom stereocenters. The van der Waals surface area contributed by atoms with Crippen LogP contribution in [-0.2, 0) is 4.74 Å². The quantitative estimate of drug-likeness (QED) is 0.650. The Labute approximate surface area is 87.8 Å². The number of hydrogen-bond acceptors (Lipinski definition) is 3. The van der Waals surface area contributed by atoms with Gasteiger partial charge in [-0.05, 0) is 32.9 Å². The molecule has 84 valence electrons. The average molecular weight is 200 g/mol. The maximum atomic E-state index is 5.64. The van der Waals surface area contributed by atoms with Gasteiger partial charge in [0.05, 0.1) is 6.10 Å². The van der Waals surface area contributed by atoms with Gasteiger partial charge in [-0.25, -0.2) is 0 Å². The number of nitrogens with one attached hydrogen (secondary N) is 1. The van der Waals surface area contributed by atoms with Crippen molar-refractivity contribution >= 4 is 0 Å². The fourth-order valence-electron chi connectivity index (χ4n) is 1.66. The minimum atomic E-state index is 0.468. The van der Waals surface area contributed by atoms with Gasteiger partial charge in [-0.15, -0.1) is 0 Å². The molecular weight excluding hydrogens is 176 g/mol. The second-order valence-electron chi connectivity index (χ2n) is 4.09. The van der Waals surface area contributed by atoms with E-state index < -0.39 is 0 Å². The molecule has 1 atom stereocenters. The third kappa shape index (κ3) is 4.94. The van der Waals surface area contributed by atoms with Gasteiger partial charge in [-0.3, -0.25) is 0 Å². The van der Waals surface area contributed by atoms with Crippen molar-refractivity contribution in [1.29, 1.82) is 0 Å². The van der Waals surface area contributed by atoms with E-state index in [1.54, 1.807) is 0 Å². The Bertz CT molecular complexity index is 135. The number of rotatable bonds is 6. The van der Waals surface area contributed by atoms with Crippen LogP contribution >= 0.6 is 0 Å². The van der Waals surface area contributed by atoms with E-state index in [9.17, 15) is 0 Å². The monoisotopic (exact) mass is 200 g/mol. The largest absolute Gasteiger partial charge is 0.377 e. The van der Waals surface area contributed by atoms with Crippen LogP contribution in [0.25, 0.3) is 0 Å². The molecule has 0 spiro atoms. The summed E-state index contributed by atoms with van der Waals surface area (Å²) in [5.41, 5.74) is 0. The van der Waals surface area contributed by atoms with E-state index in [2.05, 4.69) is 24.2 Å². The zero-order valence-electron chi connectivity index (χ0n) is 9.59. The average Bonchev–Trinajstić information content (AvgIpc) is 2.25. The van der Waals surface area contributed by atoms with E-state index in [0.717, 1.165) is 32.8 Å². The molecule has 1 saturated heterocycles. The summed E-state index contributed by atoms with van der Waals surface area (Å²) in [6.07, 6.45) is 4.28. The normalized spacial score (nSPS) is 22.9. The molecule has 1 aliphatic heterocycles. The smallest absolute Gasteiger partial charge is 0.0699 e. The second-order valence-corrected chi connectivity index (χ2v) is 4.09. The standard InChI is InChI=1S/C11H24N2O/c1-3-13(2)8-7-12-10-11-6-4-5-9-14-11/h11-12H,3-10H2,1-2H3. The Morgan fingerprint density at radius 3 is 2.93 bits per heavy atom. The summed E-state index contributed by atoms with van der Waals surface area (Å²) in [6, 6.07) is 0. The number of hydrogen-bond donors (Lipinski definition) is 1. The van der Waals surface area contributed by atoms with Crippen molar-refractivity contribution in [3.63, 3.8) is 0 Å². The highest BCUT2D eigenvalue weighted by Gasteiger charge is 2.12. The molecule has 3 nitrogen and oxygen atoms in total. The fourth-order valence-corrected chi connectivity index (χ4v) is 1.66. The molecule has 0 aromatic heterocycles. The van der Waals surface area contributed by atoms with E-state index >= 15 is 0 Å². The molecule has 0 aromatic carbocycles.